The van der Waals surface area contributed by atoms with Gasteiger partial charge in [0.25, 0.3) is 0 Å². The Morgan fingerprint density at radius 2 is 2.32 bits per heavy atom. The van der Waals surface area contributed by atoms with Crippen molar-refractivity contribution < 1.29 is 9.90 Å². The van der Waals surface area contributed by atoms with Gasteiger partial charge in [0.1, 0.15) is 6.04 Å². The highest BCUT2D eigenvalue weighted by atomic mass is 16.4. The maximum atomic E-state index is 11.6. The Labute approximate surface area is 113 Å². The average molecular weight is 263 g/mol. The molecule has 5 nitrogen and oxygen atoms in total. The number of aryl methyl sites for hydroxylation is 1. The molecule has 0 radical (unpaired) electrons. The van der Waals surface area contributed by atoms with Crippen molar-refractivity contribution in [3.05, 3.63) is 18.0 Å². The van der Waals surface area contributed by atoms with Crippen LogP contribution in [0.25, 0.3) is 0 Å². The zero-order valence-electron chi connectivity index (χ0n) is 11.5. The number of fused-ring (bicyclic) bond motifs is 1. The molecule has 1 aliphatic heterocycles. The molecule has 0 spiro atoms. The van der Waals surface area contributed by atoms with E-state index in [1.54, 1.807) is 6.20 Å². The molecule has 2 heterocycles. The van der Waals surface area contributed by atoms with Gasteiger partial charge < -0.3 is 5.11 Å². The van der Waals surface area contributed by atoms with Crippen LogP contribution in [0.3, 0.4) is 0 Å². The van der Waals surface area contributed by atoms with Gasteiger partial charge in [-0.05, 0) is 37.7 Å². The van der Waals surface area contributed by atoms with E-state index >= 15 is 0 Å². The smallest absolute Gasteiger partial charge is 0.321 e. The van der Waals surface area contributed by atoms with Crippen molar-refractivity contribution in [3.8, 4) is 0 Å². The van der Waals surface area contributed by atoms with Crippen LogP contribution in [0.5, 0.6) is 0 Å². The first-order valence-electron chi connectivity index (χ1n) is 7.06. The standard InChI is InChI=1S/C14H21N3O2/c1-9(12-6-7-15-16(12)2)17-8-10-4-3-5-11(10)13(17)14(18)19/h6-7,9-11,13H,3-5,8H2,1-2H3,(H,18,19). The summed E-state index contributed by atoms with van der Waals surface area (Å²) < 4.78 is 1.84. The molecule has 0 aromatic carbocycles. The number of aromatic nitrogens is 2. The van der Waals surface area contributed by atoms with Crippen LogP contribution >= 0.6 is 0 Å². The molecule has 1 aliphatic carbocycles. The van der Waals surface area contributed by atoms with Gasteiger partial charge in [-0.2, -0.15) is 5.10 Å². The predicted molar refractivity (Wildman–Crippen MR) is 70.6 cm³/mol. The maximum absolute atomic E-state index is 11.6. The third-order valence-electron chi connectivity index (χ3n) is 4.96. The Balaban J connectivity index is 1.87. The number of nitrogens with zero attached hydrogens (tertiary/aromatic N) is 3. The first-order chi connectivity index (χ1) is 9.09. The molecule has 1 N–H and O–H groups in total. The molecular weight excluding hydrogens is 242 g/mol. The molecule has 1 aromatic rings. The molecule has 2 fully saturated rings. The van der Waals surface area contributed by atoms with Gasteiger partial charge in [-0.3, -0.25) is 14.4 Å². The van der Waals surface area contributed by atoms with E-state index < -0.39 is 5.97 Å². The van der Waals surface area contributed by atoms with Crippen molar-refractivity contribution in [2.75, 3.05) is 6.54 Å². The molecule has 2 aliphatic rings. The van der Waals surface area contributed by atoms with Crippen LogP contribution in [0.2, 0.25) is 0 Å². The summed E-state index contributed by atoms with van der Waals surface area (Å²) in [5.41, 5.74) is 1.09. The van der Waals surface area contributed by atoms with Crippen LogP contribution in [-0.2, 0) is 11.8 Å². The molecule has 4 unspecified atom stereocenters. The van der Waals surface area contributed by atoms with Crippen molar-refractivity contribution in [1.29, 1.82) is 0 Å². The summed E-state index contributed by atoms with van der Waals surface area (Å²) >= 11 is 0. The molecule has 0 bridgehead atoms. The number of hydrogen-bond acceptors (Lipinski definition) is 3. The van der Waals surface area contributed by atoms with Gasteiger partial charge in [-0.15, -0.1) is 0 Å². The molecule has 19 heavy (non-hydrogen) atoms. The first kappa shape index (κ1) is 12.7. The van der Waals surface area contributed by atoms with Gasteiger partial charge in [-0.25, -0.2) is 0 Å². The minimum absolute atomic E-state index is 0.110. The topological polar surface area (TPSA) is 58.4 Å². The lowest BCUT2D eigenvalue weighted by Gasteiger charge is -2.30. The van der Waals surface area contributed by atoms with E-state index in [0.29, 0.717) is 11.8 Å². The molecule has 3 rings (SSSR count). The lowest BCUT2D eigenvalue weighted by Crippen LogP contribution is -2.41. The van der Waals surface area contributed by atoms with Gasteiger partial charge in [0.15, 0.2) is 0 Å². The largest absolute Gasteiger partial charge is 0.480 e. The number of carboxylic acids is 1. The lowest BCUT2D eigenvalue weighted by atomic mass is 9.94. The van der Waals surface area contributed by atoms with Crippen molar-refractivity contribution in [1.82, 2.24) is 14.7 Å². The molecular formula is C14H21N3O2. The zero-order valence-corrected chi connectivity index (χ0v) is 11.5. The Kier molecular flexibility index (Phi) is 3.09. The number of carbonyl (C=O) groups is 1. The summed E-state index contributed by atoms with van der Waals surface area (Å²) in [5.74, 6) is 0.244. The number of rotatable bonds is 3. The number of hydrogen-bond donors (Lipinski definition) is 1. The predicted octanol–water partition coefficient (Wildman–Crippen LogP) is 1.67. The second-order valence-electron chi connectivity index (χ2n) is 5.89. The fourth-order valence-electron chi connectivity index (χ4n) is 4.03. The molecule has 1 saturated heterocycles. The normalized spacial score (nSPS) is 32.4. The first-order valence-corrected chi connectivity index (χ1v) is 7.06. The van der Waals surface area contributed by atoms with E-state index in [1.165, 1.54) is 12.8 Å². The summed E-state index contributed by atoms with van der Waals surface area (Å²) in [6, 6.07) is 1.77. The summed E-state index contributed by atoms with van der Waals surface area (Å²) in [4.78, 5) is 13.8. The maximum Gasteiger partial charge on any atom is 0.321 e. The second-order valence-corrected chi connectivity index (χ2v) is 5.89. The average Bonchev–Trinajstić information content (AvgIpc) is 3.00. The van der Waals surface area contributed by atoms with Crippen molar-refractivity contribution in [2.24, 2.45) is 18.9 Å². The zero-order chi connectivity index (χ0) is 13.6. The van der Waals surface area contributed by atoms with Gasteiger partial charge in [0.2, 0.25) is 0 Å². The fraction of sp³-hybridized carbons (Fsp3) is 0.714. The van der Waals surface area contributed by atoms with E-state index in [-0.39, 0.29) is 12.1 Å². The van der Waals surface area contributed by atoms with E-state index in [1.807, 2.05) is 17.8 Å². The van der Waals surface area contributed by atoms with Gasteiger partial charge in [0, 0.05) is 25.8 Å². The monoisotopic (exact) mass is 263 g/mol. The summed E-state index contributed by atoms with van der Waals surface area (Å²) in [6.45, 7) is 3.00. The number of aliphatic carboxylic acids is 1. The molecule has 5 heteroatoms. The number of likely N-dealkylation sites (tertiary alicyclic amines) is 1. The SMILES string of the molecule is CC(c1ccnn1C)N1CC2CCCC2C1C(=O)O. The van der Waals surface area contributed by atoms with Crippen LogP contribution in [0, 0.1) is 11.8 Å². The molecule has 0 amide bonds. The third-order valence-corrected chi connectivity index (χ3v) is 4.96. The minimum atomic E-state index is -0.664. The third kappa shape index (κ3) is 1.96. The van der Waals surface area contributed by atoms with Crippen LogP contribution in [0.1, 0.15) is 37.9 Å². The summed E-state index contributed by atoms with van der Waals surface area (Å²) in [5, 5.41) is 13.8. The van der Waals surface area contributed by atoms with Crippen LogP contribution < -0.4 is 0 Å². The second kappa shape index (κ2) is 4.63. The van der Waals surface area contributed by atoms with E-state index in [2.05, 4.69) is 16.9 Å². The van der Waals surface area contributed by atoms with Crippen LogP contribution in [0.4, 0.5) is 0 Å². The van der Waals surface area contributed by atoms with E-state index in [0.717, 1.165) is 18.7 Å². The Morgan fingerprint density at radius 3 is 2.95 bits per heavy atom. The van der Waals surface area contributed by atoms with Crippen LogP contribution in [-0.4, -0.2) is 38.3 Å². The van der Waals surface area contributed by atoms with E-state index in [9.17, 15) is 9.90 Å². The summed E-state index contributed by atoms with van der Waals surface area (Å²) in [6.07, 6.45) is 5.21. The molecule has 1 saturated carbocycles. The van der Waals surface area contributed by atoms with Crippen molar-refractivity contribution >= 4 is 5.97 Å². The van der Waals surface area contributed by atoms with Gasteiger partial charge in [0.05, 0.1) is 5.69 Å². The number of carboxylic acid groups (broad SMARTS) is 1. The highest BCUT2D eigenvalue weighted by molar-refractivity contribution is 5.74. The lowest BCUT2D eigenvalue weighted by molar-refractivity contribution is -0.144. The van der Waals surface area contributed by atoms with Crippen molar-refractivity contribution in [3.63, 3.8) is 0 Å². The highest BCUT2D eigenvalue weighted by Gasteiger charge is 2.49. The highest BCUT2D eigenvalue weighted by Crippen LogP contribution is 2.45. The molecule has 4 atom stereocenters. The molecule has 104 valence electrons. The Morgan fingerprint density at radius 1 is 1.53 bits per heavy atom. The van der Waals surface area contributed by atoms with E-state index in [4.69, 9.17) is 0 Å². The molecule has 1 aromatic heterocycles. The minimum Gasteiger partial charge on any atom is -0.480 e. The van der Waals surface area contributed by atoms with Crippen molar-refractivity contribution in [2.45, 2.75) is 38.3 Å². The summed E-state index contributed by atoms with van der Waals surface area (Å²) in [7, 11) is 1.92. The fourth-order valence-corrected chi connectivity index (χ4v) is 4.03. The quantitative estimate of drug-likeness (QED) is 0.901. The Bertz CT molecular complexity index is 485. The Hall–Kier alpha value is -1.36. The van der Waals surface area contributed by atoms with Gasteiger partial charge >= 0.3 is 5.97 Å². The van der Waals surface area contributed by atoms with Crippen LogP contribution in [0.15, 0.2) is 12.3 Å². The van der Waals surface area contributed by atoms with Gasteiger partial charge in [-0.1, -0.05) is 6.42 Å².